The topological polar surface area (TPSA) is 53.1 Å². The van der Waals surface area contributed by atoms with Crippen molar-refractivity contribution >= 4 is 5.69 Å². The summed E-state index contributed by atoms with van der Waals surface area (Å²) in [5.74, 6) is 0.708. The van der Waals surface area contributed by atoms with Gasteiger partial charge in [0.15, 0.2) is 0 Å². The predicted octanol–water partition coefficient (Wildman–Crippen LogP) is 1.52. The minimum atomic E-state index is 0.655. The molecule has 2 rings (SSSR count). The highest BCUT2D eigenvalue weighted by Crippen LogP contribution is 2.22. The standard InChI is InChI=1S/C11H13N3O/c1-15-11-4-3-9(7-10(11)12)8-14-6-2-5-13-14/h2-7H,8,12H2,1H3. The summed E-state index contributed by atoms with van der Waals surface area (Å²) in [6.07, 6.45) is 3.67. The van der Waals surface area contributed by atoms with Crippen molar-refractivity contribution in [2.24, 2.45) is 0 Å². The lowest BCUT2D eigenvalue weighted by Gasteiger charge is -2.07. The number of aromatic nitrogens is 2. The Morgan fingerprint density at radius 3 is 2.93 bits per heavy atom. The molecular formula is C11H13N3O. The van der Waals surface area contributed by atoms with Crippen molar-refractivity contribution in [3.63, 3.8) is 0 Å². The third kappa shape index (κ3) is 2.10. The van der Waals surface area contributed by atoms with Gasteiger partial charge in [0, 0.05) is 12.4 Å². The summed E-state index contributed by atoms with van der Waals surface area (Å²) < 4.78 is 6.94. The summed E-state index contributed by atoms with van der Waals surface area (Å²) >= 11 is 0. The number of methoxy groups -OCH3 is 1. The number of hydrogen-bond donors (Lipinski definition) is 1. The molecular weight excluding hydrogens is 190 g/mol. The van der Waals surface area contributed by atoms with Crippen molar-refractivity contribution in [2.75, 3.05) is 12.8 Å². The number of anilines is 1. The third-order valence-corrected chi connectivity index (χ3v) is 2.20. The zero-order chi connectivity index (χ0) is 10.7. The smallest absolute Gasteiger partial charge is 0.141 e. The monoisotopic (exact) mass is 203 g/mol. The number of benzene rings is 1. The lowest BCUT2D eigenvalue weighted by Crippen LogP contribution is -2.01. The molecule has 0 amide bonds. The van der Waals surface area contributed by atoms with Crippen LogP contribution in [0.3, 0.4) is 0 Å². The largest absolute Gasteiger partial charge is 0.495 e. The molecule has 0 aliphatic rings. The van der Waals surface area contributed by atoms with Gasteiger partial charge in [0.2, 0.25) is 0 Å². The molecule has 2 N–H and O–H groups in total. The number of nitrogens with zero attached hydrogens (tertiary/aromatic N) is 2. The van der Waals surface area contributed by atoms with Gasteiger partial charge >= 0.3 is 0 Å². The van der Waals surface area contributed by atoms with Crippen molar-refractivity contribution in [1.29, 1.82) is 0 Å². The number of nitrogens with two attached hydrogens (primary N) is 1. The van der Waals surface area contributed by atoms with E-state index in [-0.39, 0.29) is 0 Å². The van der Waals surface area contributed by atoms with Crippen molar-refractivity contribution in [3.8, 4) is 5.75 Å². The highest BCUT2D eigenvalue weighted by Gasteiger charge is 2.01. The summed E-state index contributed by atoms with van der Waals surface area (Å²) in [4.78, 5) is 0. The van der Waals surface area contributed by atoms with E-state index in [1.807, 2.05) is 35.1 Å². The van der Waals surface area contributed by atoms with Crippen LogP contribution in [0.25, 0.3) is 0 Å². The molecule has 0 spiro atoms. The van der Waals surface area contributed by atoms with Crippen molar-refractivity contribution in [1.82, 2.24) is 9.78 Å². The summed E-state index contributed by atoms with van der Waals surface area (Å²) in [7, 11) is 1.61. The summed E-state index contributed by atoms with van der Waals surface area (Å²) in [6.45, 7) is 0.723. The molecule has 1 aromatic carbocycles. The molecule has 1 heterocycles. The van der Waals surface area contributed by atoms with Crippen molar-refractivity contribution in [2.45, 2.75) is 6.54 Å². The Labute approximate surface area is 88.3 Å². The van der Waals surface area contributed by atoms with Crippen LogP contribution in [-0.2, 0) is 6.54 Å². The average molecular weight is 203 g/mol. The third-order valence-electron chi connectivity index (χ3n) is 2.20. The zero-order valence-electron chi connectivity index (χ0n) is 8.55. The van der Waals surface area contributed by atoms with Gasteiger partial charge in [0.1, 0.15) is 5.75 Å². The number of nitrogen functional groups attached to an aromatic ring is 1. The maximum absolute atomic E-state index is 5.81. The maximum atomic E-state index is 5.81. The summed E-state index contributed by atoms with van der Waals surface area (Å²) in [6, 6.07) is 7.65. The molecule has 0 radical (unpaired) electrons. The van der Waals surface area contributed by atoms with Gasteiger partial charge in [-0.15, -0.1) is 0 Å². The van der Waals surface area contributed by atoms with E-state index in [0.29, 0.717) is 11.4 Å². The summed E-state index contributed by atoms with van der Waals surface area (Å²) in [5, 5.41) is 4.13. The molecule has 0 saturated carbocycles. The molecule has 0 bridgehead atoms. The molecule has 2 aromatic rings. The highest BCUT2D eigenvalue weighted by molar-refractivity contribution is 5.54. The van der Waals surface area contributed by atoms with E-state index in [4.69, 9.17) is 10.5 Å². The molecule has 0 aliphatic heterocycles. The second kappa shape index (κ2) is 4.04. The predicted molar refractivity (Wildman–Crippen MR) is 58.7 cm³/mol. The van der Waals surface area contributed by atoms with Crippen LogP contribution in [0.2, 0.25) is 0 Å². The molecule has 0 atom stereocenters. The second-order valence-corrected chi connectivity index (χ2v) is 3.28. The van der Waals surface area contributed by atoms with Gasteiger partial charge in [-0.3, -0.25) is 4.68 Å². The number of hydrogen-bond acceptors (Lipinski definition) is 3. The molecule has 0 saturated heterocycles. The van der Waals surface area contributed by atoms with E-state index in [0.717, 1.165) is 12.1 Å². The molecule has 15 heavy (non-hydrogen) atoms. The fourth-order valence-electron chi connectivity index (χ4n) is 1.46. The van der Waals surface area contributed by atoms with Crippen LogP contribution in [0.4, 0.5) is 5.69 Å². The van der Waals surface area contributed by atoms with Gasteiger partial charge in [0.25, 0.3) is 0 Å². The Balaban J connectivity index is 2.20. The quantitative estimate of drug-likeness (QED) is 0.769. The Morgan fingerprint density at radius 1 is 1.47 bits per heavy atom. The van der Waals surface area contributed by atoms with E-state index in [1.54, 1.807) is 13.3 Å². The first-order valence-corrected chi connectivity index (χ1v) is 4.69. The normalized spacial score (nSPS) is 10.2. The summed E-state index contributed by atoms with van der Waals surface area (Å²) in [5.41, 5.74) is 7.57. The zero-order valence-corrected chi connectivity index (χ0v) is 8.55. The first-order chi connectivity index (χ1) is 7.29. The van der Waals surface area contributed by atoms with E-state index >= 15 is 0 Å². The highest BCUT2D eigenvalue weighted by atomic mass is 16.5. The van der Waals surface area contributed by atoms with Crippen LogP contribution in [0.1, 0.15) is 5.56 Å². The van der Waals surface area contributed by atoms with Gasteiger partial charge < -0.3 is 10.5 Å². The van der Waals surface area contributed by atoms with Gasteiger partial charge in [-0.2, -0.15) is 5.10 Å². The lowest BCUT2D eigenvalue weighted by atomic mass is 10.2. The Kier molecular flexibility index (Phi) is 2.58. The van der Waals surface area contributed by atoms with Gasteiger partial charge in [-0.25, -0.2) is 0 Å². The molecule has 4 heteroatoms. The molecule has 4 nitrogen and oxygen atoms in total. The van der Waals surface area contributed by atoms with E-state index in [1.165, 1.54) is 0 Å². The number of ether oxygens (including phenoxy) is 1. The van der Waals surface area contributed by atoms with Gasteiger partial charge in [0.05, 0.1) is 19.3 Å². The SMILES string of the molecule is COc1ccc(Cn2cccn2)cc1N. The van der Waals surface area contributed by atoms with Crippen molar-refractivity contribution in [3.05, 3.63) is 42.2 Å². The lowest BCUT2D eigenvalue weighted by molar-refractivity contribution is 0.417. The Morgan fingerprint density at radius 2 is 2.33 bits per heavy atom. The van der Waals surface area contributed by atoms with Crippen molar-refractivity contribution < 1.29 is 4.74 Å². The fourth-order valence-corrected chi connectivity index (χ4v) is 1.46. The molecule has 1 aromatic heterocycles. The van der Waals surface area contributed by atoms with E-state index < -0.39 is 0 Å². The molecule has 0 unspecified atom stereocenters. The van der Waals surface area contributed by atoms with Crippen LogP contribution in [-0.4, -0.2) is 16.9 Å². The Bertz CT molecular complexity index is 437. The maximum Gasteiger partial charge on any atom is 0.141 e. The molecule has 0 aliphatic carbocycles. The Hall–Kier alpha value is -1.97. The minimum absolute atomic E-state index is 0.655. The van der Waals surface area contributed by atoms with Crippen LogP contribution in [0.15, 0.2) is 36.7 Å². The van der Waals surface area contributed by atoms with Gasteiger partial charge in [-0.05, 0) is 23.8 Å². The van der Waals surface area contributed by atoms with Crippen LogP contribution in [0, 0.1) is 0 Å². The van der Waals surface area contributed by atoms with Gasteiger partial charge in [-0.1, -0.05) is 6.07 Å². The molecule has 78 valence electrons. The number of rotatable bonds is 3. The molecule has 0 fully saturated rings. The first-order valence-electron chi connectivity index (χ1n) is 4.69. The van der Waals surface area contributed by atoms with Crippen LogP contribution in [0.5, 0.6) is 5.75 Å². The average Bonchev–Trinajstić information content (AvgIpc) is 2.71. The second-order valence-electron chi connectivity index (χ2n) is 3.28. The van der Waals surface area contributed by atoms with E-state index in [2.05, 4.69) is 5.10 Å². The fraction of sp³-hybridized carbons (Fsp3) is 0.182. The van der Waals surface area contributed by atoms with Crippen LogP contribution < -0.4 is 10.5 Å². The van der Waals surface area contributed by atoms with E-state index in [9.17, 15) is 0 Å². The van der Waals surface area contributed by atoms with Crippen LogP contribution >= 0.6 is 0 Å². The minimum Gasteiger partial charge on any atom is -0.495 e. The first kappa shape index (κ1) is 9.58.